The largest absolute Gasteiger partial charge is 0.465 e. The first-order chi connectivity index (χ1) is 9.01. The van der Waals surface area contributed by atoms with Crippen LogP contribution in [-0.2, 0) is 26.1 Å². The number of rotatable bonds is 7. The van der Waals surface area contributed by atoms with Crippen LogP contribution in [0.1, 0.15) is 36.5 Å². The maximum Gasteiger partial charge on any atom is 0.318 e. The van der Waals surface area contributed by atoms with Crippen molar-refractivity contribution in [3.05, 3.63) is 34.9 Å². The third-order valence-corrected chi connectivity index (χ3v) is 3.86. The summed E-state index contributed by atoms with van der Waals surface area (Å²) in [6.45, 7) is 6.49. The fraction of sp³-hybridized carbons (Fsp3) is 0.533. The molecule has 0 spiro atoms. The van der Waals surface area contributed by atoms with E-state index in [1.165, 1.54) is 0 Å². The second kappa shape index (κ2) is 8.10. The predicted molar refractivity (Wildman–Crippen MR) is 78.5 cm³/mol. The Morgan fingerprint density at radius 3 is 2.42 bits per heavy atom. The van der Waals surface area contributed by atoms with E-state index >= 15 is 0 Å². The summed E-state index contributed by atoms with van der Waals surface area (Å²) >= 11 is 0. The fourth-order valence-corrected chi connectivity index (χ4v) is 2.88. The van der Waals surface area contributed by atoms with Gasteiger partial charge in [0.05, 0.1) is 6.61 Å². The van der Waals surface area contributed by atoms with Crippen LogP contribution in [0.4, 0.5) is 0 Å². The Hall–Kier alpha value is -1.16. The molecule has 1 aromatic rings. The highest BCUT2D eigenvalue weighted by Crippen LogP contribution is 2.11. The smallest absolute Gasteiger partial charge is 0.318 e. The summed E-state index contributed by atoms with van der Waals surface area (Å²) in [6, 6.07) is 6.09. The van der Waals surface area contributed by atoms with Crippen molar-refractivity contribution in [2.45, 2.75) is 39.4 Å². The van der Waals surface area contributed by atoms with Gasteiger partial charge in [-0.05, 0) is 25.8 Å². The Kier molecular flexibility index (Phi) is 6.78. The van der Waals surface area contributed by atoms with E-state index in [-0.39, 0.29) is 11.7 Å². The fourth-order valence-electron chi connectivity index (χ4n) is 1.89. The lowest BCUT2D eigenvalue weighted by atomic mass is 10.1. The highest BCUT2D eigenvalue weighted by Gasteiger charge is 2.10. The van der Waals surface area contributed by atoms with Gasteiger partial charge in [-0.2, -0.15) is 0 Å². The minimum atomic E-state index is -1.20. The number of esters is 1. The van der Waals surface area contributed by atoms with E-state index in [2.05, 4.69) is 6.07 Å². The molecule has 0 aliphatic heterocycles. The van der Waals surface area contributed by atoms with E-state index < -0.39 is 10.8 Å². The number of ether oxygens (including phenoxy) is 1. The van der Waals surface area contributed by atoms with Crippen LogP contribution in [0.3, 0.4) is 0 Å². The molecule has 0 aromatic heterocycles. The Morgan fingerprint density at radius 2 is 1.84 bits per heavy atom. The maximum atomic E-state index is 11.9. The molecular weight excluding hydrogens is 260 g/mol. The molecule has 0 radical (unpaired) electrons. The van der Waals surface area contributed by atoms with Crippen LogP contribution in [0.15, 0.2) is 18.2 Å². The summed E-state index contributed by atoms with van der Waals surface area (Å²) in [5.41, 5.74) is 3.31. The number of benzene rings is 1. The van der Waals surface area contributed by atoms with Gasteiger partial charge in [-0.3, -0.25) is 9.00 Å². The summed E-state index contributed by atoms with van der Waals surface area (Å²) in [6.07, 6.45) is 1.84. The Balaban J connectivity index is 2.44. The molecule has 0 heterocycles. The standard InChI is InChI=1S/C15H22O3S/c1-4-5-6-18-15(16)11-19(17)10-14-8-12(2)7-13(3)9-14/h7-9H,4-6,10-11H2,1-3H3. The van der Waals surface area contributed by atoms with E-state index in [0.717, 1.165) is 29.5 Å². The molecule has 0 N–H and O–H groups in total. The van der Waals surface area contributed by atoms with Crippen molar-refractivity contribution < 1.29 is 13.7 Å². The summed E-state index contributed by atoms with van der Waals surface area (Å²) in [5.74, 6) is 0.0263. The van der Waals surface area contributed by atoms with Crippen molar-refractivity contribution in [2.24, 2.45) is 0 Å². The lowest BCUT2D eigenvalue weighted by Crippen LogP contribution is -2.16. The number of carbonyl (C=O) groups excluding carboxylic acids is 1. The summed E-state index contributed by atoms with van der Waals surface area (Å²) < 4.78 is 16.9. The molecule has 4 heteroatoms. The highest BCUT2D eigenvalue weighted by atomic mass is 32.2. The van der Waals surface area contributed by atoms with E-state index in [9.17, 15) is 9.00 Å². The topological polar surface area (TPSA) is 43.4 Å². The number of aryl methyl sites for hydroxylation is 2. The quantitative estimate of drug-likeness (QED) is 0.570. The molecule has 0 bridgehead atoms. The van der Waals surface area contributed by atoms with Crippen molar-refractivity contribution >= 4 is 16.8 Å². The molecule has 1 atom stereocenters. The van der Waals surface area contributed by atoms with Gasteiger partial charge in [0, 0.05) is 16.6 Å². The minimum Gasteiger partial charge on any atom is -0.465 e. The SMILES string of the molecule is CCCCOC(=O)CS(=O)Cc1cc(C)cc(C)c1. The monoisotopic (exact) mass is 282 g/mol. The van der Waals surface area contributed by atoms with Gasteiger partial charge in [0.25, 0.3) is 0 Å². The number of unbranched alkanes of at least 4 members (excludes halogenated alkanes) is 1. The number of hydrogen-bond acceptors (Lipinski definition) is 3. The normalized spacial score (nSPS) is 12.2. The molecule has 19 heavy (non-hydrogen) atoms. The summed E-state index contributed by atoms with van der Waals surface area (Å²) in [5, 5.41) is 0. The van der Waals surface area contributed by atoms with Gasteiger partial charge in [-0.1, -0.05) is 42.7 Å². The van der Waals surface area contributed by atoms with E-state index in [4.69, 9.17) is 4.74 Å². The van der Waals surface area contributed by atoms with Crippen LogP contribution >= 0.6 is 0 Å². The van der Waals surface area contributed by atoms with E-state index in [1.54, 1.807) is 0 Å². The van der Waals surface area contributed by atoms with Crippen LogP contribution in [0, 0.1) is 13.8 Å². The molecule has 106 valence electrons. The third-order valence-electron chi connectivity index (χ3n) is 2.65. The van der Waals surface area contributed by atoms with Crippen LogP contribution < -0.4 is 0 Å². The first kappa shape index (κ1) is 15.9. The average Bonchev–Trinajstić information content (AvgIpc) is 2.27. The van der Waals surface area contributed by atoms with Crippen molar-refractivity contribution in [1.29, 1.82) is 0 Å². The van der Waals surface area contributed by atoms with E-state index in [1.807, 2.05) is 32.9 Å². The Labute approximate surface area is 117 Å². The molecule has 0 saturated heterocycles. The van der Waals surface area contributed by atoms with Crippen molar-refractivity contribution in [3.63, 3.8) is 0 Å². The molecular formula is C15H22O3S. The molecule has 1 aromatic carbocycles. The first-order valence-corrected chi connectivity index (χ1v) is 8.08. The lowest BCUT2D eigenvalue weighted by Gasteiger charge is -2.06. The Bertz CT molecular complexity index is 434. The molecule has 1 rings (SSSR count). The molecule has 0 fully saturated rings. The summed E-state index contributed by atoms with van der Waals surface area (Å²) in [7, 11) is -1.20. The average molecular weight is 282 g/mol. The maximum absolute atomic E-state index is 11.9. The number of hydrogen-bond donors (Lipinski definition) is 0. The van der Waals surface area contributed by atoms with Crippen molar-refractivity contribution in [1.82, 2.24) is 0 Å². The Morgan fingerprint density at radius 1 is 1.21 bits per heavy atom. The van der Waals surface area contributed by atoms with Gasteiger partial charge in [-0.25, -0.2) is 0 Å². The van der Waals surface area contributed by atoms with Crippen LogP contribution in [0.2, 0.25) is 0 Å². The lowest BCUT2D eigenvalue weighted by molar-refractivity contribution is -0.140. The zero-order chi connectivity index (χ0) is 14.3. The second-order valence-corrected chi connectivity index (χ2v) is 6.26. The second-order valence-electron chi connectivity index (χ2n) is 4.80. The molecule has 0 amide bonds. The molecule has 0 aliphatic rings. The van der Waals surface area contributed by atoms with Crippen LogP contribution in [-0.4, -0.2) is 22.5 Å². The molecule has 1 unspecified atom stereocenters. The zero-order valence-electron chi connectivity index (χ0n) is 11.9. The van der Waals surface area contributed by atoms with Crippen molar-refractivity contribution in [2.75, 3.05) is 12.4 Å². The minimum absolute atomic E-state index is 0.0172. The first-order valence-electron chi connectivity index (χ1n) is 6.59. The van der Waals surface area contributed by atoms with E-state index in [0.29, 0.717) is 12.4 Å². The molecule has 3 nitrogen and oxygen atoms in total. The molecule has 0 saturated carbocycles. The van der Waals surface area contributed by atoms with Gasteiger partial charge >= 0.3 is 5.97 Å². The summed E-state index contributed by atoms with van der Waals surface area (Å²) in [4.78, 5) is 11.4. The van der Waals surface area contributed by atoms with Gasteiger partial charge in [-0.15, -0.1) is 0 Å². The van der Waals surface area contributed by atoms with Gasteiger partial charge in [0.1, 0.15) is 5.75 Å². The van der Waals surface area contributed by atoms with Gasteiger partial charge in [0.2, 0.25) is 0 Å². The predicted octanol–water partition coefficient (Wildman–Crippen LogP) is 2.90. The highest BCUT2D eigenvalue weighted by molar-refractivity contribution is 7.84. The number of carbonyl (C=O) groups is 1. The van der Waals surface area contributed by atoms with Crippen molar-refractivity contribution in [3.8, 4) is 0 Å². The van der Waals surface area contributed by atoms with Gasteiger partial charge in [0.15, 0.2) is 0 Å². The van der Waals surface area contributed by atoms with Gasteiger partial charge < -0.3 is 4.74 Å². The van der Waals surface area contributed by atoms with Crippen LogP contribution in [0.5, 0.6) is 0 Å². The van der Waals surface area contributed by atoms with Crippen LogP contribution in [0.25, 0.3) is 0 Å². The third kappa shape index (κ3) is 6.53. The zero-order valence-corrected chi connectivity index (χ0v) is 12.7. The molecule has 0 aliphatic carbocycles.